The fourth-order valence-electron chi connectivity index (χ4n) is 1.11. The van der Waals surface area contributed by atoms with Gasteiger partial charge in [0, 0.05) is 0 Å². The van der Waals surface area contributed by atoms with Crippen molar-refractivity contribution in [1.82, 2.24) is 0 Å². The van der Waals surface area contributed by atoms with Crippen LogP contribution in [-0.4, -0.2) is 72.9 Å². The molecule has 160 valence electrons. The maximum absolute atomic E-state index is 12.9. The van der Waals surface area contributed by atoms with Crippen LogP contribution in [0.15, 0.2) is 0 Å². The first-order valence-corrected chi connectivity index (χ1v) is 6.49. The standard InChI is InChI=1S/C7HF15O3S.Li.H/c8-1(9,2(10,11)4(14,15)6(18,19)20)3(12,13)5(16,17)7(21,22)26(23,24)25;;/h(H,23,24,25);;. The summed E-state index contributed by atoms with van der Waals surface area (Å²) in [6.45, 7) is 0. The van der Waals surface area contributed by atoms with Crippen molar-refractivity contribution < 1.29 is 78.8 Å². The van der Waals surface area contributed by atoms with Gasteiger partial charge < -0.3 is 0 Å². The minimum atomic E-state index is -8.60. The first-order chi connectivity index (χ1) is 10.8. The summed E-state index contributed by atoms with van der Waals surface area (Å²) in [6.07, 6.45) is -7.75. The second kappa shape index (κ2) is 6.76. The Hall–Kier alpha value is -0.543. The molecule has 0 radical (unpaired) electrons. The van der Waals surface area contributed by atoms with Crippen molar-refractivity contribution in [1.29, 1.82) is 0 Å². The second-order valence-corrected chi connectivity index (χ2v) is 5.82. The molecule has 0 spiro atoms. The molecule has 27 heavy (non-hydrogen) atoms. The van der Waals surface area contributed by atoms with Crippen molar-refractivity contribution in [2.24, 2.45) is 0 Å². The van der Waals surface area contributed by atoms with Gasteiger partial charge in [-0.15, -0.1) is 0 Å². The molecule has 20 heteroatoms. The van der Waals surface area contributed by atoms with Gasteiger partial charge in [0.15, 0.2) is 0 Å². The van der Waals surface area contributed by atoms with Crippen LogP contribution < -0.4 is 0 Å². The van der Waals surface area contributed by atoms with E-state index in [4.69, 9.17) is 4.55 Å². The van der Waals surface area contributed by atoms with Crippen LogP contribution in [0, 0.1) is 0 Å². The number of hydrogen-bond donors (Lipinski definition) is 1. The van der Waals surface area contributed by atoms with Crippen molar-refractivity contribution in [3.63, 3.8) is 0 Å². The Morgan fingerprint density at radius 1 is 0.481 bits per heavy atom. The van der Waals surface area contributed by atoms with Crippen molar-refractivity contribution in [2.45, 2.75) is 41.0 Å². The van der Waals surface area contributed by atoms with Gasteiger partial charge in [0.2, 0.25) is 0 Å². The van der Waals surface area contributed by atoms with Crippen LogP contribution in [-0.2, 0) is 10.1 Å². The topological polar surface area (TPSA) is 54.4 Å². The van der Waals surface area contributed by atoms with Gasteiger partial charge in [0.05, 0.1) is 0 Å². The first-order valence-electron chi connectivity index (χ1n) is 5.05. The number of rotatable bonds is 6. The molecule has 0 aromatic rings. The molecule has 0 aromatic heterocycles. The summed E-state index contributed by atoms with van der Waals surface area (Å²) in [6, 6.07) is 0. The van der Waals surface area contributed by atoms with E-state index in [0.717, 1.165) is 0 Å². The van der Waals surface area contributed by atoms with Crippen molar-refractivity contribution in [3.05, 3.63) is 0 Å². The fraction of sp³-hybridized carbons (Fsp3) is 1.00. The van der Waals surface area contributed by atoms with Crippen LogP contribution in [0.4, 0.5) is 65.9 Å². The van der Waals surface area contributed by atoms with E-state index in [1.54, 1.807) is 0 Å². The Kier molecular flexibility index (Phi) is 7.18. The Morgan fingerprint density at radius 2 is 0.704 bits per heavy atom. The molecule has 0 atom stereocenters. The SMILES string of the molecule is O=S(=O)(O)C(F)(F)C(F)(F)C(F)(F)C(F)(F)C(F)(F)C(F)(F)C(F)(F)F.[LiH]. The molecular weight excluding hydrogens is 456 g/mol. The third-order valence-electron chi connectivity index (χ3n) is 2.62. The zero-order valence-electron chi connectivity index (χ0n) is 10.8. The van der Waals surface area contributed by atoms with Crippen LogP contribution in [0.1, 0.15) is 0 Å². The zero-order chi connectivity index (χ0) is 22.0. The summed E-state index contributed by atoms with van der Waals surface area (Å²) in [4.78, 5) is 0. The summed E-state index contributed by atoms with van der Waals surface area (Å²) in [5.41, 5.74) is 0. The predicted molar refractivity (Wildman–Crippen MR) is 54.4 cm³/mol. The molecule has 0 aliphatic rings. The molecule has 0 heterocycles. The first kappa shape index (κ1) is 28.7. The molecule has 0 unspecified atom stereocenters. The molecular formula is C7H2F15LiO3S. The van der Waals surface area contributed by atoms with Gasteiger partial charge in [0.25, 0.3) is 0 Å². The van der Waals surface area contributed by atoms with Gasteiger partial charge in [-0.3, -0.25) is 4.55 Å². The monoisotopic (exact) mass is 458 g/mol. The molecule has 0 aliphatic heterocycles. The summed E-state index contributed by atoms with van der Waals surface area (Å²) < 4.78 is 215. The maximum atomic E-state index is 12.9. The summed E-state index contributed by atoms with van der Waals surface area (Å²) >= 11 is 0. The number of alkyl halides is 15. The molecule has 1 N–H and O–H groups in total. The quantitative estimate of drug-likeness (QED) is 0.377. The van der Waals surface area contributed by atoms with E-state index in [0.29, 0.717) is 0 Å². The Bertz CT molecular complexity index is 651. The van der Waals surface area contributed by atoms with Gasteiger partial charge in [-0.1, -0.05) is 0 Å². The predicted octanol–water partition coefficient (Wildman–Crippen LogP) is 3.56. The van der Waals surface area contributed by atoms with Gasteiger partial charge in [0.1, 0.15) is 0 Å². The molecule has 0 aromatic carbocycles. The van der Waals surface area contributed by atoms with Gasteiger partial charge in [-0.25, -0.2) is 0 Å². The number of hydrogen-bond acceptors (Lipinski definition) is 2. The van der Waals surface area contributed by atoms with Gasteiger partial charge in [-0.05, 0) is 0 Å². The third kappa shape index (κ3) is 3.59. The summed E-state index contributed by atoms with van der Waals surface area (Å²) in [5.74, 6) is -42.0. The van der Waals surface area contributed by atoms with Crippen molar-refractivity contribution in [2.75, 3.05) is 0 Å². The Balaban J connectivity index is 0. The van der Waals surface area contributed by atoms with E-state index >= 15 is 0 Å². The molecule has 0 aliphatic carbocycles. The van der Waals surface area contributed by atoms with Crippen LogP contribution in [0.3, 0.4) is 0 Å². The van der Waals surface area contributed by atoms with Crippen LogP contribution in [0.2, 0.25) is 0 Å². The number of halogens is 15. The Labute approximate surface area is 149 Å². The van der Waals surface area contributed by atoms with Crippen LogP contribution >= 0.6 is 0 Å². The molecule has 0 saturated heterocycles. The normalized spacial score (nSPS) is 16.1. The van der Waals surface area contributed by atoms with Gasteiger partial charge >= 0.3 is 70.0 Å². The third-order valence-corrected chi connectivity index (χ3v) is 3.53. The van der Waals surface area contributed by atoms with Crippen LogP contribution in [0.25, 0.3) is 0 Å². The van der Waals surface area contributed by atoms with E-state index in [2.05, 4.69) is 0 Å². The molecule has 0 bridgehead atoms. The van der Waals surface area contributed by atoms with Crippen molar-refractivity contribution >= 4 is 29.0 Å². The van der Waals surface area contributed by atoms with Crippen molar-refractivity contribution in [3.8, 4) is 0 Å². The van der Waals surface area contributed by atoms with E-state index in [9.17, 15) is 74.3 Å². The van der Waals surface area contributed by atoms with E-state index < -0.39 is 51.2 Å². The molecule has 0 amide bonds. The summed E-state index contributed by atoms with van der Waals surface area (Å²) in [5, 5.41) is -7.70. The van der Waals surface area contributed by atoms with E-state index in [1.807, 2.05) is 0 Å². The molecule has 0 saturated carbocycles. The van der Waals surface area contributed by atoms with Gasteiger partial charge in [-0.2, -0.15) is 74.3 Å². The molecule has 0 fully saturated rings. The Morgan fingerprint density at radius 3 is 0.926 bits per heavy atom. The minimum absolute atomic E-state index is 0. The molecule has 0 rings (SSSR count). The average Bonchev–Trinajstić information content (AvgIpc) is 2.34. The average molecular weight is 458 g/mol. The van der Waals surface area contributed by atoms with E-state index in [1.165, 1.54) is 0 Å². The van der Waals surface area contributed by atoms with Crippen LogP contribution in [0.5, 0.6) is 0 Å². The molecule has 3 nitrogen and oxygen atoms in total. The summed E-state index contributed by atoms with van der Waals surface area (Å²) in [7, 11) is -7.76. The zero-order valence-corrected chi connectivity index (χ0v) is 11.7. The van der Waals surface area contributed by atoms with E-state index in [-0.39, 0.29) is 18.9 Å². The fourth-order valence-corrected chi connectivity index (χ4v) is 1.57. The second-order valence-electron chi connectivity index (χ2n) is 4.36.